The van der Waals surface area contributed by atoms with Gasteiger partial charge in [0.25, 0.3) is 0 Å². The molecule has 56 valence electrons. The van der Waals surface area contributed by atoms with E-state index in [1.54, 1.807) is 7.11 Å². The van der Waals surface area contributed by atoms with E-state index >= 15 is 0 Å². The molecule has 0 amide bonds. The molecule has 0 spiro atoms. The van der Waals surface area contributed by atoms with Crippen LogP contribution in [0.25, 0.3) is 0 Å². The molecule has 0 aliphatic heterocycles. The third kappa shape index (κ3) is 8.27. The smallest absolute Gasteiger partial charge is 0.0554 e. The van der Waals surface area contributed by atoms with Crippen molar-refractivity contribution in [2.75, 3.05) is 32.7 Å². The second-order valence-electron chi connectivity index (χ2n) is 1.68. The van der Waals surface area contributed by atoms with Crippen LogP contribution >= 0.6 is 12.6 Å². The maximum atomic E-state index is 5.13. The van der Waals surface area contributed by atoms with Gasteiger partial charge in [-0.15, -0.1) is 0 Å². The highest BCUT2D eigenvalue weighted by molar-refractivity contribution is 7.80. The van der Waals surface area contributed by atoms with Crippen LogP contribution in [0.2, 0.25) is 0 Å². The Labute approximate surface area is 61.9 Å². The Hall–Kier alpha value is 0.270. The summed E-state index contributed by atoms with van der Waals surface area (Å²) in [7, 11) is 1.69. The van der Waals surface area contributed by atoms with Crippen LogP contribution in [0.3, 0.4) is 0 Å². The normalized spacial score (nSPS) is 10.0. The third-order valence-electron chi connectivity index (χ3n) is 0.873. The van der Waals surface area contributed by atoms with Crippen molar-refractivity contribution in [3.05, 3.63) is 0 Å². The minimum atomic E-state index is 0.743. The van der Waals surface area contributed by atoms with E-state index in [0.29, 0.717) is 0 Å². The van der Waals surface area contributed by atoms with Gasteiger partial charge in [0, 0.05) is 26.1 Å². The molecule has 0 aliphatic rings. The zero-order valence-corrected chi connectivity index (χ0v) is 6.69. The molecule has 3 heteroatoms. The largest absolute Gasteiger partial charge is 0.385 e. The fourth-order valence-electron chi connectivity index (χ4n) is 0.472. The quantitative estimate of drug-likeness (QED) is 0.449. The van der Waals surface area contributed by atoms with Gasteiger partial charge in [-0.3, -0.25) is 0 Å². The number of ether oxygens (including phenoxy) is 2. The van der Waals surface area contributed by atoms with Gasteiger partial charge in [0.1, 0.15) is 0 Å². The Kier molecular flexibility index (Phi) is 8.52. The SMILES string of the molecule is COCCCOCCS. The summed E-state index contributed by atoms with van der Waals surface area (Å²) in [6.07, 6.45) is 0.976. The van der Waals surface area contributed by atoms with Gasteiger partial charge in [0.15, 0.2) is 0 Å². The van der Waals surface area contributed by atoms with E-state index in [-0.39, 0.29) is 0 Å². The molecule has 0 bridgehead atoms. The van der Waals surface area contributed by atoms with Gasteiger partial charge in [0.2, 0.25) is 0 Å². The summed E-state index contributed by atoms with van der Waals surface area (Å²) in [5, 5.41) is 0. The molecule has 9 heavy (non-hydrogen) atoms. The Morgan fingerprint density at radius 3 is 2.56 bits per heavy atom. The van der Waals surface area contributed by atoms with Crippen molar-refractivity contribution in [2.24, 2.45) is 0 Å². The molecule has 0 fully saturated rings. The molecular weight excluding hydrogens is 136 g/mol. The Morgan fingerprint density at radius 2 is 2.00 bits per heavy atom. The Balaban J connectivity index is 2.60. The summed E-state index contributed by atoms with van der Waals surface area (Å²) in [5.74, 6) is 0.799. The molecule has 0 rings (SSSR count). The van der Waals surface area contributed by atoms with Crippen LogP contribution in [0.15, 0.2) is 0 Å². The van der Waals surface area contributed by atoms with Gasteiger partial charge in [-0.2, -0.15) is 12.6 Å². The van der Waals surface area contributed by atoms with Gasteiger partial charge < -0.3 is 9.47 Å². The predicted molar refractivity (Wildman–Crippen MR) is 41.2 cm³/mol. The molecule has 2 nitrogen and oxygen atoms in total. The first-order valence-corrected chi connectivity index (χ1v) is 3.72. The van der Waals surface area contributed by atoms with Crippen molar-refractivity contribution in [1.29, 1.82) is 0 Å². The van der Waals surface area contributed by atoms with Gasteiger partial charge >= 0.3 is 0 Å². The van der Waals surface area contributed by atoms with E-state index in [4.69, 9.17) is 9.47 Å². The maximum Gasteiger partial charge on any atom is 0.0554 e. The predicted octanol–water partition coefficient (Wildman–Crippen LogP) is 0.969. The number of hydrogen-bond acceptors (Lipinski definition) is 3. The van der Waals surface area contributed by atoms with E-state index in [1.807, 2.05) is 0 Å². The molecule has 0 N–H and O–H groups in total. The first-order chi connectivity index (χ1) is 4.41. The van der Waals surface area contributed by atoms with E-state index in [9.17, 15) is 0 Å². The summed E-state index contributed by atoms with van der Waals surface area (Å²) in [6, 6.07) is 0. The van der Waals surface area contributed by atoms with Crippen molar-refractivity contribution < 1.29 is 9.47 Å². The van der Waals surface area contributed by atoms with E-state index < -0.39 is 0 Å². The van der Waals surface area contributed by atoms with Gasteiger partial charge in [0.05, 0.1) is 6.61 Å². The van der Waals surface area contributed by atoms with Crippen LogP contribution < -0.4 is 0 Å². The zero-order chi connectivity index (χ0) is 6.95. The first-order valence-electron chi connectivity index (χ1n) is 3.09. The monoisotopic (exact) mass is 150 g/mol. The van der Waals surface area contributed by atoms with Crippen LogP contribution in [0, 0.1) is 0 Å². The number of hydrogen-bond donors (Lipinski definition) is 1. The highest BCUT2D eigenvalue weighted by Crippen LogP contribution is 1.83. The van der Waals surface area contributed by atoms with Gasteiger partial charge in [-0.25, -0.2) is 0 Å². The maximum absolute atomic E-state index is 5.13. The highest BCUT2D eigenvalue weighted by atomic mass is 32.1. The zero-order valence-electron chi connectivity index (χ0n) is 5.80. The lowest BCUT2D eigenvalue weighted by Gasteiger charge is -1.99. The molecule has 0 aliphatic carbocycles. The van der Waals surface area contributed by atoms with Crippen LogP contribution in [-0.4, -0.2) is 32.7 Å². The van der Waals surface area contributed by atoms with Gasteiger partial charge in [-0.05, 0) is 6.42 Å². The fourth-order valence-corrected chi connectivity index (χ4v) is 0.601. The average molecular weight is 150 g/mol. The molecule has 0 heterocycles. The molecule has 0 aromatic heterocycles. The molecular formula is C6H14O2S. The standard InChI is InChI=1S/C6H14O2S/c1-7-3-2-4-8-5-6-9/h9H,2-6H2,1H3. The minimum Gasteiger partial charge on any atom is -0.385 e. The molecule has 0 radical (unpaired) electrons. The topological polar surface area (TPSA) is 18.5 Å². The second kappa shape index (κ2) is 8.27. The number of methoxy groups -OCH3 is 1. The van der Waals surface area contributed by atoms with Crippen molar-refractivity contribution in [2.45, 2.75) is 6.42 Å². The lowest BCUT2D eigenvalue weighted by atomic mass is 10.5. The molecule has 0 atom stereocenters. The highest BCUT2D eigenvalue weighted by Gasteiger charge is 1.84. The molecule has 0 saturated heterocycles. The van der Waals surface area contributed by atoms with E-state index in [2.05, 4.69) is 12.6 Å². The lowest BCUT2D eigenvalue weighted by Crippen LogP contribution is -2.00. The van der Waals surface area contributed by atoms with Gasteiger partial charge in [-0.1, -0.05) is 0 Å². The van der Waals surface area contributed by atoms with Crippen molar-refractivity contribution >= 4 is 12.6 Å². The molecule has 0 aromatic rings. The summed E-state index contributed by atoms with van der Waals surface area (Å²) in [5.41, 5.74) is 0. The fraction of sp³-hybridized carbons (Fsp3) is 1.00. The summed E-state index contributed by atoms with van der Waals surface area (Å²) >= 11 is 3.99. The van der Waals surface area contributed by atoms with Crippen LogP contribution in [0.4, 0.5) is 0 Å². The number of rotatable bonds is 6. The number of thiol groups is 1. The van der Waals surface area contributed by atoms with E-state index in [0.717, 1.165) is 32.0 Å². The summed E-state index contributed by atoms with van der Waals surface area (Å²) in [6.45, 7) is 2.31. The first kappa shape index (κ1) is 9.27. The average Bonchev–Trinajstić information content (AvgIpc) is 1.89. The van der Waals surface area contributed by atoms with E-state index in [1.165, 1.54) is 0 Å². The van der Waals surface area contributed by atoms with Crippen molar-refractivity contribution in [1.82, 2.24) is 0 Å². The van der Waals surface area contributed by atoms with Crippen LogP contribution in [-0.2, 0) is 9.47 Å². The molecule has 0 saturated carbocycles. The second-order valence-corrected chi connectivity index (χ2v) is 2.13. The van der Waals surface area contributed by atoms with Crippen LogP contribution in [0.5, 0.6) is 0 Å². The van der Waals surface area contributed by atoms with Crippen molar-refractivity contribution in [3.8, 4) is 0 Å². The molecule has 0 aromatic carbocycles. The Bertz CT molecular complexity index is 44.3. The summed E-state index contributed by atoms with van der Waals surface area (Å²) in [4.78, 5) is 0. The third-order valence-corrected chi connectivity index (χ3v) is 1.06. The Morgan fingerprint density at radius 1 is 1.22 bits per heavy atom. The lowest BCUT2D eigenvalue weighted by molar-refractivity contribution is 0.113. The summed E-state index contributed by atoms with van der Waals surface area (Å²) < 4.78 is 9.95. The minimum absolute atomic E-state index is 0.743. The van der Waals surface area contributed by atoms with Crippen molar-refractivity contribution in [3.63, 3.8) is 0 Å². The molecule has 0 unspecified atom stereocenters. The van der Waals surface area contributed by atoms with Crippen LogP contribution in [0.1, 0.15) is 6.42 Å².